The highest BCUT2D eigenvalue weighted by Gasteiger charge is 2.57. The number of nitrogens with two attached hydrogens (primary N) is 2. The minimum atomic E-state index is -0.602. The topological polar surface area (TPSA) is 88.9 Å². The number of hydrazone groups is 1. The number of hydrogen-bond acceptors (Lipinski definition) is 5. The molecule has 1 aromatic rings. The van der Waals surface area contributed by atoms with Crippen molar-refractivity contribution >= 4 is 23.1 Å². The first-order valence-corrected chi connectivity index (χ1v) is 8.10. The molecule has 0 saturated heterocycles. The Morgan fingerprint density at radius 1 is 1.52 bits per heavy atom. The fourth-order valence-corrected chi connectivity index (χ4v) is 4.36. The summed E-state index contributed by atoms with van der Waals surface area (Å²) >= 11 is 5.99. The summed E-state index contributed by atoms with van der Waals surface area (Å²) in [7, 11) is 0. The molecule has 0 aromatic heterocycles. The fourth-order valence-electron chi connectivity index (χ4n) is 4.17. The third kappa shape index (κ3) is 2.21. The van der Waals surface area contributed by atoms with Crippen molar-refractivity contribution in [1.82, 2.24) is 5.53 Å². The van der Waals surface area contributed by atoms with E-state index in [0.717, 1.165) is 12.5 Å². The molecule has 1 aromatic carbocycles. The molecule has 4 aliphatic rings. The maximum absolute atomic E-state index is 14.6. The van der Waals surface area contributed by atoms with E-state index in [1.54, 1.807) is 0 Å². The molecule has 23 heavy (non-hydrogen) atoms. The van der Waals surface area contributed by atoms with E-state index < -0.39 is 5.82 Å². The number of nitrogens with zero attached hydrogens (tertiary/aromatic N) is 2. The van der Waals surface area contributed by atoms with Gasteiger partial charge in [0.25, 0.3) is 0 Å². The second-order valence-corrected chi connectivity index (χ2v) is 7.18. The average Bonchev–Trinajstić information content (AvgIpc) is 2.43. The lowest BCUT2D eigenvalue weighted by Crippen LogP contribution is -2.58. The smallest absolute Gasteiger partial charge is 0.157 e. The molecule has 0 amide bonds. The molecule has 3 fully saturated rings. The summed E-state index contributed by atoms with van der Waals surface area (Å²) in [6.07, 6.45) is 3.79. The molecular formula is C15H19ClFN5O. The van der Waals surface area contributed by atoms with Crippen LogP contribution in [0.3, 0.4) is 0 Å². The molecule has 0 atom stereocenters. The van der Waals surface area contributed by atoms with Crippen LogP contribution >= 0.6 is 11.6 Å². The standard InChI is InChI=1S/C15H19ClFN5O/c16-9-3-10-13(11(12(9)17)14(18)20-21-19)22(1-2-23-10)7-15-4-8(5-15)6-15/h3,8,21H,1-2,4-7,19H2,(H2,18,20). The number of nitrogens with one attached hydrogen (secondary N) is 1. The van der Waals surface area contributed by atoms with E-state index in [-0.39, 0.29) is 16.4 Å². The maximum Gasteiger partial charge on any atom is 0.157 e. The third-order valence-electron chi connectivity index (χ3n) is 5.22. The monoisotopic (exact) mass is 339 g/mol. The Hall–Kier alpha value is -1.73. The lowest BCUT2D eigenvalue weighted by molar-refractivity contribution is -0.0980. The van der Waals surface area contributed by atoms with Gasteiger partial charge in [-0.2, -0.15) is 0 Å². The van der Waals surface area contributed by atoms with Gasteiger partial charge in [0.2, 0.25) is 0 Å². The lowest BCUT2D eigenvalue weighted by atomic mass is 9.44. The number of rotatable bonds is 4. The van der Waals surface area contributed by atoms with E-state index in [1.807, 2.05) is 0 Å². The van der Waals surface area contributed by atoms with Gasteiger partial charge in [0.1, 0.15) is 12.4 Å². The second kappa shape index (κ2) is 5.14. The Morgan fingerprint density at radius 2 is 2.26 bits per heavy atom. The molecule has 0 spiro atoms. The Kier molecular flexibility index (Phi) is 3.32. The minimum absolute atomic E-state index is 0.0405. The summed E-state index contributed by atoms with van der Waals surface area (Å²) in [5, 5.41) is 3.68. The number of halogens is 2. The number of anilines is 1. The van der Waals surface area contributed by atoms with E-state index in [9.17, 15) is 4.39 Å². The number of fused-ring (bicyclic) bond motifs is 1. The third-order valence-corrected chi connectivity index (χ3v) is 5.50. The van der Waals surface area contributed by atoms with E-state index in [1.165, 1.54) is 25.3 Å². The largest absolute Gasteiger partial charge is 0.489 e. The van der Waals surface area contributed by atoms with Crippen LogP contribution in [0.25, 0.3) is 0 Å². The van der Waals surface area contributed by atoms with Gasteiger partial charge in [-0.15, -0.1) is 5.10 Å². The van der Waals surface area contributed by atoms with Crippen LogP contribution in [0.2, 0.25) is 5.02 Å². The van der Waals surface area contributed by atoms with E-state index >= 15 is 0 Å². The molecular weight excluding hydrogens is 321 g/mol. The summed E-state index contributed by atoms with van der Waals surface area (Å²) in [4.78, 5) is 2.15. The first-order chi connectivity index (χ1) is 11.0. The number of hydrogen-bond donors (Lipinski definition) is 3. The normalized spacial score (nSPS) is 28.4. The summed E-state index contributed by atoms with van der Waals surface area (Å²) in [6, 6.07) is 1.51. The first-order valence-electron chi connectivity index (χ1n) is 7.72. The summed E-state index contributed by atoms with van der Waals surface area (Å²) in [6.45, 7) is 2.12. The predicted octanol–water partition coefficient (Wildman–Crippen LogP) is 1.56. The van der Waals surface area contributed by atoms with Gasteiger partial charge in [-0.1, -0.05) is 11.6 Å². The molecule has 1 aliphatic heterocycles. The van der Waals surface area contributed by atoms with Crippen molar-refractivity contribution in [2.75, 3.05) is 24.6 Å². The van der Waals surface area contributed by atoms with Crippen molar-refractivity contribution in [3.63, 3.8) is 0 Å². The van der Waals surface area contributed by atoms with Crippen molar-refractivity contribution in [2.45, 2.75) is 19.3 Å². The first kappa shape index (κ1) is 14.8. The molecule has 5 rings (SSSR count). The van der Waals surface area contributed by atoms with E-state index in [2.05, 4.69) is 15.5 Å². The number of hydrazine groups is 1. The Balaban J connectivity index is 1.78. The Labute approximate surface area is 138 Å². The highest BCUT2D eigenvalue weighted by atomic mass is 35.5. The Morgan fingerprint density at radius 3 is 2.87 bits per heavy atom. The second-order valence-electron chi connectivity index (χ2n) is 6.77. The minimum Gasteiger partial charge on any atom is -0.489 e. The lowest BCUT2D eigenvalue weighted by Gasteiger charge is -2.63. The molecule has 5 N–H and O–H groups in total. The van der Waals surface area contributed by atoms with Crippen molar-refractivity contribution in [1.29, 1.82) is 0 Å². The van der Waals surface area contributed by atoms with Crippen LogP contribution in [-0.4, -0.2) is 25.5 Å². The zero-order chi connectivity index (χ0) is 16.2. The molecule has 3 aliphatic carbocycles. The van der Waals surface area contributed by atoms with E-state index in [0.29, 0.717) is 30.0 Å². The predicted molar refractivity (Wildman–Crippen MR) is 86.9 cm³/mol. The summed E-state index contributed by atoms with van der Waals surface area (Å²) in [5.74, 6) is 5.97. The summed E-state index contributed by atoms with van der Waals surface area (Å²) < 4.78 is 20.3. The molecule has 2 bridgehead atoms. The van der Waals surface area contributed by atoms with Crippen molar-refractivity contribution in [3.05, 3.63) is 22.5 Å². The molecule has 6 nitrogen and oxygen atoms in total. The molecule has 1 heterocycles. The molecule has 8 heteroatoms. The summed E-state index contributed by atoms with van der Waals surface area (Å²) in [5.41, 5.74) is 9.17. The highest BCUT2D eigenvalue weighted by molar-refractivity contribution is 6.31. The van der Waals surface area contributed by atoms with Gasteiger partial charge >= 0.3 is 0 Å². The highest BCUT2D eigenvalue weighted by Crippen LogP contribution is 2.65. The van der Waals surface area contributed by atoms with Gasteiger partial charge in [-0.05, 0) is 30.6 Å². The van der Waals surface area contributed by atoms with Gasteiger partial charge in [0.05, 0.1) is 22.8 Å². The zero-order valence-corrected chi connectivity index (χ0v) is 13.4. The Bertz CT molecular complexity index is 678. The van der Waals surface area contributed by atoms with E-state index in [4.69, 9.17) is 27.9 Å². The maximum atomic E-state index is 14.6. The molecule has 0 unspecified atom stereocenters. The molecule has 0 radical (unpaired) electrons. The molecule has 3 saturated carbocycles. The van der Waals surface area contributed by atoms with Crippen LogP contribution in [0.15, 0.2) is 11.2 Å². The van der Waals surface area contributed by atoms with Gasteiger partial charge in [-0.25, -0.2) is 15.8 Å². The number of benzene rings is 1. The van der Waals surface area contributed by atoms with Gasteiger partial charge in [0.15, 0.2) is 11.7 Å². The van der Waals surface area contributed by atoms with Crippen LogP contribution in [-0.2, 0) is 0 Å². The number of ether oxygens (including phenoxy) is 1. The van der Waals surface area contributed by atoms with Gasteiger partial charge < -0.3 is 15.4 Å². The molecule has 124 valence electrons. The van der Waals surface area contributed by atoms with Crippen LogP contribution in [0.5, 0.6) is 5.75 Å². The van der Waals surface area contributed by atoms with Crippen LogP contribution in [0, 0.1) is 17.2 Å². The van der Waals surface area contributed by atoms with Gasteiger partial charge in [0, 0.05) is 12.6 Å². The SMILES string of the molecule is NN/N=C(\N)c1c(F)c(Cl)cc2c1N(CC13CC(C1)C3)CCO2. The van der Waals surface area contributed by atoms with Crippen LogP contribution in [0.1, 0.15) is 24.8 Å². The van der Waals surface area contributed by atoms with Gasteiger partial charge in [-0.3, -0.25) is 0 Å². The van der Waals surface area contributed by atoms with Crippen molar-refractivity contribution in [2.24, 2.45) is 28.0 Å². The fraction of sp³-hybridized carbons (Fsp3) is 0.533. The van der Waals surface area contributed by atoms with Crippen molar-refractivity contribution < 1.29 is 9.13 Å². The zero-order valence-electron chi connectivity index (χ0n) is 12.6. The average molecular weight is 340 g/mol. The van der Waals surface area contributed by atoms with Crippen LogP contribution < -0.4 is 26.7 Å². The van der Waals surface area contributed by atoms with Crippen LogP contribution in [0.4, 0.5) is 10.1 Å². The quantitative estimate of drug-likeness (QED) is 0.335. The van der Waals surface area contributed by atoms with Crippen molar-refractivity contribution in [3.8, 4) is 5.75 Å². The number of amidine groups is 1.